The van der Waals surface area contributed by atoms with Gasteiger partial charge in [-0.1, -0.05) is 27.7 Å². The lowest BCUT2D eigenvalue weighted by Gasteiger charge is -2.32. The van der Waals surface area contributed by atoms with Gasteiger partial charge in [-0.15, -0.1) is 0 Å². The average Bonchev–Trinajstić information content (AvgIpc) is 2.17. The molecule has 0 rings (SSSR count). The van der Waals surface area contributed by atoms with Crippen molar-refractivity contribution in [1.29, 1.82) is 0 Å². The van der Waals surface area contributed by atoms with E-state index in [1.54, 1.807) is 0 Å². The third-order valence-corrected chi connectivity index (χ3v) is 3.08. The molecule has 0 aromatic heterocycles. The number of nitrogens with zero attached hydrogens (tertiary/aromatic N) is 1. The summed E-state index contributed by atoms with van der Waals surface area (Å²) in [5.74, 6) is 0. The van der Waals surface area contributed by atoms with E-state index in [-0.39, 0.29) is 6.61 Å². The summed E-state index contributed by atoms with van der Waals surface area (Å²) in [5, 5.41) is 12.4. The molecule has 0 fully saturated rings. The van der Waals surface area contributed by atoms with Crippen LogP contribution in [0.4, 0.5) is 0 Å². The second kappa shape index (κ2) is 8.04. The number of hydrogen-bond acceptors (Lipinski definition) is 3. The van der Waals surface area contributed by atoms with Crippen molar-refractivity contribution in [2.24, 2.45) is 5.41 Å². The van der Waals surface area contributed by atoms with E-state index in [1.165, 1.54) is 0 Å². The molecule has 0 bridgehead atoms. The lowest BCUT2D eigenvalue weighted by molar-refractivity contribution is 0.173. The SMILES string of the molecule is CCCN(CCO)CCC(NC)C(C)(C)C. The largest absolute Gasteiger partial charge is 0.395 e. The summed E-state index contributed by atoms with van der Waals surface area (Å²) in [6.45, 7) is 12.2. The number of aliphatic hydroxyl groups excluding tert-OH is 1. The van der Waals surface area contributed by atoms with Gasteiger partial charge in [0.25, 0.3) is 0 Å². The van der Waals surface area contributed by atoms with Gasteiger partial charge >= 0.3 is 0 Å². The lowest BCUT2D eigenvalue weighted by Crippen LogP contribution is -2.41. The second-order valence-corrected chi connectivity index (χ2v) is 5.56. The van der Waals surface area contributed by atoms with Gasteiger partial charge in [0, 0.05) is 12.6 Å². The van der Waals surface area contributed by atoms with E-state index in [0.29, 0.717) is 11.5 Å². The standard InChI is InChI=1S/C13H30N2O/c1-6-8-15(10-11-16)9-7-12(14-5)13(2,3)4/h12,14,16H,6-11H2,1-5H3. The van der Waals surface area contributed by atoms with Crippen molar-refractivity contribution in [3.63, 3.8) is 0 Å². The molecule has 98 valence electrons. The molecular formula is C13H30N2O. The first kappa shape index (κ1) is 15.9. The van der Waals surface area contributed by atoms with E-state index < -0.39 is 0 Å². The monoisotopic (exact) mass is 230 g/mol. The number of nitrogens with one attached hydrogen (secondary N) is 1. The van der Waals surface area contributed by atoms with Gasteiger partial charge in [-0.05, 0) is 38.4 Å². The molecule has 0 amide bonds. The number of aliphatic hydroxyl groups is 1. The van der Waals surface area contributed by atoms with Gasteiger partial charge in [0.2, 0.25) is 0 Å². The molecule has 1 unspecified atom stereocenters. The average molecular weight is 230 g/mol. The molecule has 0 aliphatic carbocycles. The van der Waals surface area contributed by atoms with Crippen LogP contribution >= 0.6 is 0 Å². The predicted molar refractivity (Wildman–Crippen MR) is 70.7 cm³/mol. The van der Waals surface area contributed by atoms with Gasteiger partial charge in [0.15, 0.2) is 0 Å². The third-order valence-electron chi connectivity index (χ3n) is 3.08. The van der Waals surface area contributed by atoms with Crippen LogP contribution in [-0.4, -0.2) is 49.3 Å². The van der Waals surface area contributed by atoms with Gasteiger partial charge in [0.1, 0.15) is 0 Å². The fourth-order valence-electron chi connectivity index (χ4n) is 2.12. The Kier molecular flexibility index (Phi) is 7.98. The molecule has 0 aromatic carbocycles. The molecule has 3 nitrogen and oxygen atoms in total. The van der Waals surface area contributed by atoms with Crippen molar-refractivity contribution in [3.8, 4) is 0 Å². The van der Waals surface area contributed by atoms with Crippen LogP contribution in [0.3, 0.4) is 0 Å². The summed E-state index contributed by atoms with van der Waals surface area (Å²) in [6.07, 6.45) is 2.29. The van der Waals surface area contributed by atoms with Crippen molar-refractivity contribution < 1.29 is 5.11 Å². The smallest absolute Gasteiger partial charge is 0.0558 e. The van der Waals surface area contributed by atoms with E-state index in [9.17, 15) is 0 Å². The fourth-order valence-corrected chi connectivity index (χ4v) is 2.12. The zero-order valence-electron chi connectivity index (χ0n) is 11.7. The van der Waals surface area contributed by atoms with E-state index in [4.69, 9.17) is 5.11 Å². The van der Waals surface area contributed by atoms with Crippen LogP contribution in [0.15, 0.2) is 0 Å². The Balaban J connectivity index is 4.05. The van der Waals surface area contributed by atoms with Gasteiger partial charge in [0.05, 0.1) is 6.61 Å². The minimum absolute atomic E-state index is 0.264. The van der Waals surface area contributed by atoms with E-state index >= 15 is 0 Å². The summed E-state index contributed by atoms with van der Waals surface area (Å²) in [6, 6.07) is 0.533. The zero-order valence-corrected chi connectivity index (χ0v) is 11.7. The van der Waals surface area contributed by atoms with Crippen LogP contribution in [0.2, 0.25) is 0 Å². The summed E-state index contributed by atoms with van der Waals surface area (Å²) < 4.78 is 0. The first-order chi connectivity index (χ1) is 7.45. The fraction of sp³-hybridized carbons (Fsp3) is 1.00. The third kappa shape index (κ3) is 6.46. The van der Waals surface area contributed by atoms with Crippen LogP contribution in [0.5, 0.6) is 0 Å². The van der Waals surface area contributed by atoms with E-state index in [0.717, 1.165) is 32.5 Å². The highest BCUT2D eigenvalue weighted by Gasteiger charge is 2.23. The molecule has 3 heteroatoms. The maximum absolute atomic E-state index is 8.99. The molecule has 2 N–H and O–H groups in total. The summed E-state index contributed by atoms with van der Waals surface area (Å²) in [4.78, 5) is 2.34. The minimum atomic E-state index is 0.264. The van der Waals surface area contributed by atoms with Crippen LogP contribution in [0, 0.1) is 5.41 Å². The molecule has 0 saturated heterocycles. The first-order valence-corrected chi connectivity index (χ1v) is 6.46. The number of hydrogen-bond donors (Lipinski definition) is 2. The number of rotatable bonds is 8. The Bertz CT molecular complexity index is 160. The maximum atomic E-state index is 8.99. The van der Waals surface area contributed by atoms with Gasteiger partial charge in [-0.3, -0.25) is 0 Å². The molecule has 0 aliphatic rings. The van der Waals surface area contributed by atoms with Crippen molar-refractivity contribution in [2.75, 3.05) is 33.3 Å². The predicted octanol–water partition coefficient (Wildman–Crippen LogP) is 1.71. The summed E-state index contributed by atoms with van der Waals surface area (Å²) in [7, 11) is 2.03. The highest BCUT2D eigenvalue weighted by molar-refractivity contribution is 4.80. The highest BCUT2D eigenvalue weighted by atomic mass is 16.3. The normalized spacial score (nSPS) is 14.4. The Labute approximate surface area is 101 Å². The summed E-state index contributed by atoms with van der Waals surface area (Å²) >= 11 is 0. The summed E-state index contributed by atoms with van der Waals surface area (Å²) in [5.41, 5.74) is 0.297. The Morgan fingerprint density at radius 1 is 1.19 bits per heavy atom. The first-order valence-electron chi connectivity index (χ1n) is 6.46. The molecule has 0 saturated carbocycles. The topological polar surface area (TPSA) is 35.5 Å². The molecule has 0 spiro atoms. The molecule has 0 radical (unpaired) electrons. The van der Waals surface area contributed by atoms with Gasteiger partial charge < -0.3 is 15.3 Å². The van der Waals surface area contributed by atoms with Crippen LogP contribution in [-0.2, 0) is 0 Å². The lowest BCUT2D eigenvalue weighted by atomic mass is 9.85. The highest BCUT2D eigenvalue weighted by Crippen LogP contribution is 2.21. The zero-order chi connectivity index (χ0) is 12.6. The van der Waals surface area contributed by atoms with Crippen molar-refractivity contribution in [1.82, 2.24) is 10.2 Å². The quantitative estimate of drug-likeness (QED) is 0.666. The van der Waals surface area contributed by atoms with Crippen molar-refractivity contribution in [2.45, 2.75) is 46.6 Å². The second-order valence-electron chi connectivity index (χ2n) is 5.56. The van der Waals surface area contributed by atoms with Gasteiger partial charge in [-0.25, -0.2) is 0 Å². The molecule has 0 heterocycles. The Morgan fingerprint density at radius 2 is 1.81 bits per heavy atom. The molecule has 0 aliphatic heterocycles. The molecule has 0 aromatic rings. The maximum Gasteiger partial charge on any atom is 0.0558 e. The Hall–Kier alpha value is -0.120. The van der Waals surface area contributed by atoms with Crippen molar-refractivity contribution >= 4 is 0 Å². The van der Waals surface area contributed by atoms with Gasteiger partial charge in [-0.2, -0.15) is 0 Å². The van der Waals surface area contributed by atoms with E-state index in [2.05, 4.69) is 37.9 Å². The van der Waals surface area contributed by atoms with Crippen LogP contribution in [0.25, 0.3) is 0 Å². The molecule has 16 heavy (non-hydrogen) atoms. The van der Waals surface area contributed by atoms with Crippen LogP contribution in [0.1, 0.15) is 40.5 Å². The van der Waals surface area contributed by atoms with Crippen molar-refractivity contribution in [3.05, 3.63) is 0 Å². The molecule has 1 atom stereocenters. The molecular weight excluding hydrogens is 200 g/mol. The van der Waals surface area contributed by atoms with E-state index in [1.807, 2.05) is 7.05 Å². The Morgan fingerprint density at radius 3 is 2.19 bits per heavy atom. The minimum Gasteiger partial charge on any atom is -0.395 e. The van der Waals surface area contributed by atoms with Crippen LogP contribution < -0.4 is 5.32 Å².